The van der Waals surface area contributed by atoms with Gasteiger partial charge in [-0.05, 0) is 36.6 Å². The number of aliphatic hydroxyl groups is 1. The summed E-state index contributed by atoms with van der Waals surface area (Å²) >= 11 is 0. The predicted octanol–water partition coefficient (Wildman–Crippen LogP) is 2.52. The normalized spacial score (nSPS) is 11.9. The van der Waals surface area contributed by atoms with Gasteiger partial charge in [-0.2, -0.15) is 0 Å². The Balaban J connectivity index is 2.02. The summed E-state index contributed by atoms with van der Waals surface area (Å²) in [6.45, 7) is 2.22. The van der Waals surface area contributed by atoms with Crippen LogP contribution in [0.5, 0.6) is 0 Å². The first-order chi connectivity index (χ1) is 11.0. The molecule has 2 aromatic carbocycles. The van der Waals surface area contributed by atoms with Gasteiger partial charge in [0.2, 0.25) is 10.0 Å². The highest BCUT2D eigenvalue weighted by Gasteiger charge is 2.12. The predicted molar refractivity (Wildman–Crippen MR) is 92.6 cm³/mol. The third kappa shape index (κ3) is 5.03. The average Bonchev–Trinajstić information content (AvgIpc) is 2.54. The van der Waals surface area contributed by atoms with Gasteiger partial charge in [-0.15, -0.1) is 0 Å². The molecule has 0 amide bonds. The first-order valence-electron chi connectivity index (χ1n) is 7.44. The van der Waals surface area contributed by atoms with Gasteiger partial charge in [0, 0.05) is 6.54 Å². The van der Waals surface area contributed by atoms with Gasteiger partial charge in [0.15, 0.2) is 0 Å². The summed E-state index contributed by atoms with van der Waals surface area (Å²) in [4.78, 5) is 0.275. The largest absolute Gasteiger partial charge is 0.392 e. The van der Waals surface area contributed by atoms with E-state index in [1.54, 1.807) is 30.3 Å². The number of sulfonamides is 1. The van der Waals surface area contributed by atoms with E-state index in [1.165, 1.54) is 0 Å². The number of benzene rings is 2. The fraction of sp³-hybridized carbons (Fsp3) is 0.222. The van der Waals surface area contributed by atoms with E-state index in [2.05, 4.69) is 4.72 Å². The number of rotatable bonds is 7. The van der Waals surface area contributed by atoms with Gasteiger partial charge < -0.3 is 5.11 Å². The number of aliphatic hydroxyl groups excluding tert-OH is 1. The molecule has 0 aromatic heterocycles. The van der Waals surface area contributed by atoms with E-state index >= 15 is 0 Å². The molecule has 2 rings (SSSR count). The van der Waals surface area contributed by atoms with E-state index in [4.69, 9.17) is 5.11 Å². The smallest absolute Gasteiger partial charge is 0.240 e. The lowest BCUT2D eigenvalue weighted by atomic mass is 10.0. The van der Waals surface area contributed by atoms with Crippen LogP contribution in [0.4, 0.5) is 0 Å². The molecule has 0 spiro atoms. The number of hydrogen-bond acceptors (Lipinski definition) is 3. The Morgan fingerprint density at radius 3 is 2.48 bits per heavy atom. The second kappa shape index (κ2) is 8.06. The Morgan fingerprint density at radius 2 is 1.78 bits per heavy atom. The second-order valence-electron chi connectivity index (χ2n) is 5.24. The topological polar surface area (TPSA) is 66.4 Å². The van der Waals surface area contributed by atoms with Gasteiger partial charge in [-0.25, -0.2) is 13.1 Å². The lowest BCUT2D eigenvalue weighted by molar-refractivity contribution is 0.343. The van der Waals surface area contributed by atoms with E-state index < -0.39 is 10.0 Å². The van der Waals surface area contributed by atoms with Crippen LogP contribution in [-0.4, -0.2) is 26.7 Å². The molecule has 0 unspecified atom stereocenters. The molecule has 0 aliphatic carbocycles. The van der Waals surface area contributed by atoms with Crippen LogP contribution in [0, 0.1) is 6.92 Å². The Labute approximate surface area is 137 Å². The minimum Gasteiger partial charge on any atom is -0.392 e. The first kappa shape index (κ1) is 17.4. The molecule has 0 aliphatic rings. The van der Waals surface area contributed by atoms with Crippen molar-refractivity contribution in [2.75, 3.05) is 13.2 Å². The standard InChI is InChI=1S/C18H21NO3S/c1-15-8-10-18(11-9-15)23(21,22)19-13-12-17-6-3-2-5-16(17)7-4-14-20/h2-11,19-20H,12-14H2,1H3/b7-4+. The van der Waals surface area contributed by atoms with Gasteiger partial charge in [-0.1, -0.05) is 54.1 Å². The van der Waals surface area contributed by atoms with Crippen LogP contribution in [0.3, 0.4) is 0 Å². The van der Waals surface area contributed by atoms with Crippen molar-refractivity contribution in [1.82, 2.24) is 4.72 Å². The molecule has 23 heavy (non-hydrogen) atoms. The maximum Gasteiger partial charge on any atom is 0.240 e. The molecule has 2 N–H and O–H groups in total. The maximum absolute atomic E-state index is 12.2. The molecule has 0 saturated heterocycles. The zero-order chi connectivity index (χ0) is 16.7. The molecule has 2 aromatic rings. The quantitative estimate of drug-likeness (QED) is 0.819. The lowest BCUT2D eigenvalue weighted by Gasteiger charge is -2.09. The summed E-state index contributed by atoms with van der Waals surface area (Å²) in [6, 6.07) is 14.5. The van der Waals surface area contributed by atoms with Gasteiger partial charge in [0.25, 0.3) is 0 Å². The van der Waals surface area contributed by atoms with Crippen LogP contribution in [0.25, 0.3) is 6.08 Å². The van der Waals surface area contributed by atoms with Crippen molar-refractivity contribution in [3.8, 4) is 0 Å². The average molecular weight is 331 g/mol. The van der Waals surface area contributed by atoms with E-state index in [0.717, 1.165) is 16.7 Å². The van der Waals surface area contributed by atoms with Crippen molar-refractivity contribution < 1.29 is 13.5 Å². The number of aryl methyl sites for hydroxylation is 1. The molecule has 0 bridgehead atoms. The summed E-state index contributed by atoms with van der Waals surface area (Å²) in [7, 11) is -3.48. The minimum absolute atomic E-state index is 0.0195. The zero-order valence-corrected chi connectivity index (χ0v) is 13.9. The highest BCUT2D eigenvalue weighted by atomic mass is 32.2. The monoisotopic (exact) mass is 331 g/mol. The molecule has 4 nitrogen and oxygen atoms in total. The van der Waals surface area contributed by atoms with E-state index in [-0.39, 0.29) is 11.5 Å². The van der Waals surface area contributed by atoms with E-state index in [9.17, 15) is 8.42 Å². The van der Waals surface area contributed by atoms with Crippen LogP contribution in [0.1, 0.15) is 16.7 Å². The Bertz CT molecular complexity index is 765. The lowest BCUT2D eigenvalue weighted by Crippen LogP contribution is -2.26. The Morgan fingerprint density at radius 1 is 1.09 bits per heavy atom. The van der Waals surface area contributed by atoms with Crippen LogP contribution >= 0.6 is 0 Å². The fourth-order valence-electron chi connectivity index (χ4n) is 2.22. The maximum atomic E-state index is 12.2. The summed E-state index contributed by atoms with van der Waals surface area (Å²) in [6.07, 6.45) is 4.08. The van der Waals surface area contributed by atoms with Crippen LogP contribution in [0.2, 0.25) is 0 Å². The highest BCUT2D eigenvalue weighted by Crippen LogP contribution is 2.13. The molecule has 5 heteroatoms. The third-order valence-corrected chi connectivity index (χ3v) is 4.95. The van der Waals surface area contributed by atoms with Crippen LogP contribution < -0.4 is 4.72 Å². The minimum atomic E-state index is -3.48. The van der Waals surface area contributed by atoms with Crippen molar-refractivity contribution in [3.63, 3.8) is 0 Å². The van der Waals surface area contributed by atoms with Gasteiger partial charge in [0.1, 0.15) is 0 Å². The van der Waals surface area contributed by atoms with Crippen LogP contribution in [0.15, 0.2) is 59.5 Å². The van der Waals surface area contributed by atoms with E-state index in [1.807, 2.05) is 37.3 Å². The third-order valence-electron chi connectivity index (χ3n) is 3.48. The SMILES string of the molecule is Cc1ccc(S(=O)(=O)NCCc2ccccc2/C=C/CO)cc1. The molecule has 0 fully saturated rings. The van der Waals surface area contributed by atoms with Crippen molar-refractivity contribution in [2.45, 2.75) is 18.2 Å². The van der Waals surface area contributed by atoms with Gasteiger partial charge >= 0.3 is 0 Å². The molecule has 0 atom stereocenters. The first-order valence-corrected chi connectivity index (χ1v) is 8.93. The number of hydrogen-bond donors (Lipinski definition) is 2. The molecule has 122 valence electrons. The van der Waals surface area contributed by atoms with Crippen molar-refractivity contribution in [2.24, 2.45) is 0 Å². The van der Waals surface area contributed by atoms with Gasteiger partial charge in [0.05, 0.1) is 11.5 Å². The van der Waals surface area contributed by atoms with Crippen molar-refractivity contribution in [3.05, 3.63) is 71.3 Å². The second-order valence-corrected chi connectivity index (χ2v) is 7.01. The highest BCUT2D eigenvalue weighted by molar-refractivity contribution is 7.89. The fourth-order valence-corrected chi connectivity index (χ4v) is 3.26. The molecule has 0 radical (unpaired) electrons. The molecular formula is C18H21NO3S. The van der Waals surface area contributed by atoms with Crippen LogP contribution in [-0.2, 0) is 16.4 Å². The van der Waals surface area contributed by atoms with E-state index in [0.29, 0.717) is 13.0 Å². The molecule has 0 aliphatic heterocycles. The van der Waals surface area contributed by atoms with Crippen molar-refractivity contribution >= 4 is 16.1 Å². The molecule has 0 heterocycles. The Hall–Kier alpha value is -1.95. The summed E-state index contributed by atoms with van der Waals surface area (Å²) in [5.41, 5.74) is 3.04. The zero-order valence-electron chi connectivity index (χ0n) is 13.1. The number of nitrogens with one attached hydrogen (secondary N) is 1. The summed E-state index contributed by atoms with van der Waals surface area (Å²) < 4.78 is 27.1. The van der Waals surface area contributed by atoms with Crippen molar-refractivity contribution in [1.29, 1.82) is 0 Å². The molecular weight excluding hydrogens is 310 g/mol. The summed E-state index contributed by atoms with van der Waals surface area (Å²) in [5.74, 6) is 0. The van der Waals surface area contributed by atoms with Gasteiger partial charge in [-0.3, -0.25) is 0 Å². The Kier molecular flexibility index (Phi) is 6.10. The molecule has 0 saturated carbocycles. The summed E-state index contributed by atoms with van der Waals surface area (Å²) in [5, 5.41) is 8.87.